The smallest absolute Gasteiger partial charge is 0.256 e. The highest BCUT2D eigenvalue weighted by molar-refractivity contribution is 9.10. The van der Waals surface area contributed by atoms with Gasteiger partial charge in [-0.25, -0.2) is 4.98 Å². The molecule has 0 unspecified atom stereocenters. The van der Waals surface area contributed by atoms with Gasteiger partial charge in [-0.3, -0.25) is 4.79 Å². The molecule has 1 heterocycles. The van der Waals surface area contributed by atoms with Gasteiger partial charge in [-0.05, 0) is 62.5 Å². The van der Waals surface area contributed by atoms with Crippen LogP contribution in [0.4, 0.5) is 5.69 Å². The zero-order chi connectivity index (χ0) is 13.1. The highest BCUT2D eigenvalue weighted by Gasteiger charge is 2.11. The largest absolute Gasteiger partial charge is 0.321 e. The van der Waals surface area contributed by atoms with Crippen molar-refractivity contribution >= 4 is 43.5 Å². The van der Waals surface area contributed by atoms with E-state index in [1.54, 1.807) is 24.4 Å². The molecule has 0 atom stereocenters. The SMILES string of the molecule is Cc1cccc(C(=O)Nc2ccc(Br)nc2)c1Br. The number of aromatic nitrogens is 1. The van der Waals surface area contributed by atoms with E-state index in [0.717, 1.165) is 14.6 Å². The van der Waals surface area contributed by atoms with Crippen LogP contribution in [-0.2, 0) is 0 Å². The molecule has 3 nitrogen and oxygen atoms in total. The molecule has 1 amide bonds. The van der Waals surface area contributed by atoms with Crippen molar-refractivity contribution in [3.8, 4) is 0 Å². The van der Waals surface area contributed by atoms with E-state index in [0.29, 0.717) is 11.3 Å². The maximum atomic E-state index is 12.1. The first-order valence-corrected chi connectivity index (χ1v) is 6.84. The molecule has 0 bridgehead atoms. The van der Waals surface area contributed by atoms with Gasteiger partial charge in [-0.1, -0.05) is 12.1 Å². The fourth-order valence-electron chi connectivity index (χ4n) is 1.47. The van der Waals surface area contributed by atoms with Gasteiger partial charge < -0.3 is 5.32 Å². The van der Waals surface area contributed by atoms with E-state index in [1.807, 2.05) is 19.1 Å². The van der Waals surface area contributed by atoms with Crippen molar-refractivity contribution in [2.45, 2.75) is 6.92 Å². The molecule has 0 aliphatic heterocycles. The average Bonchev–Trinajstić information content (AvgIpc) is 2.35. The summed E-state index contributed by atoms with van der Waals surface area (Å²) in [5.74, 6) is -0.158. The fourth-order valence-corrected chi connectivity index (χ4v) is 2.15. The highest BCUT2D eigenvalue weighted by Crippen LogP contribution is 2.22. The summed E-state index contributed by atoms with van der Waals surface area (Å²) in [4.78, 5) is 16.1. The summed E-state index contributed by atoms with van der Waals surface area (Å²) < 4.78 is 1.55. The van der Waals surface area contributed by atoms with Gasteiger partial charge in [-0.2, -0.15) is 0 Å². The summed E-state index contributed by atoms with van der Waals surface area (Å²) in [5, 5.41) is 2.80. The minimum atomic E-state index is -0.158. The Hall–Kier alpha value is -1.20. The summed E-state index contributed by atoms with van der Waals surface area (Å²) in [6, 6.07) is 9.15. The van der Waals surface area contributed by atoms with Crippen LogP contribution >= 0.6 is 31.9 Å². The Morgan fingerprint density at radius 1 is 1.22 bits per heavy atom. The zero-order valence-corrected chi connectivity index (χ0v) is 12.7. The van der Waals surface area contributed by atoms with E-state index in [-0.39, 0.29) is 5.91 Å². The number of aryl methyl sites for hydroxylation is 1. The van der Waals surface area contributed by atoms with Crippen LogP contribution in [0, 0.1) is 6.92 Å². The predicted molar refractivity (Wildman–Crippen MR) is 78.8 cm³/mol. The topological polar surface area (TPSA) is 42.0 Å². The van der Waals surface area contributed by atoms with Crippen molar-refractivity contribution < 1.29 is 4.79 Å². The van der Waals surface area contributed by atoms with Gasteiger partial charge in [0.05, 0.1) is 17.4 Å². The van der Waals surface area contributed by atoms with E-state index < -0.39 is 0 Å². The maximum Gasteiger partial charge on any atom is 0.256 e. The van der Waals surface area contributed by atoms with Gasteiger partial charge in [0.1, 0.15) is 4.60 Å². The van der Waals surface area contributed by atoms with Crippen LogP contribution in [0.1, 0.15) is 15.9 Å². The normalized spacial score (nSPS) is 10.2. The number of rotatable bonds is 2. The summed E-state index contributed by atoms with van der Waals surface area (Å²) in [5.41, 5.74) is 2.30. The Balaban J connectivity index is 2.22. The molecule has 0 saturated carbocycles. The summed E-state index contributed by atoms with van der Waals surface area (Å²) in [6.07, 6.45) is 1.60. The summed E-state index contributed by atoms with van der Waals surface area (Å²) in [6.45, 7) is 1.95. The van der Waals surface area contributed by atoms with E-state index >= 15 is 0 Å². The molecule has 0 aliphatic rings. The number of hydrogen-bond donors (Lipinski definition) is 1. The first-order valence-electron chi connectivity index (χ1n) is 5.26. The van der Waals surface area contributed by atoms with E-state index in [9.17, 15) is 4.79 Å². The highest BCUT2D eigenvalue weighted by atomic mass is 79.9. The van der Waals surface area contributed by atoms with Crippen molar-refractivity contribution in [2.75, 3.05) is 5.32 Å². The van der Waals surface area contributed by atoms with Crippen LogP contribution in [0.3, 0.4) is 0 Å². The second kappa shape index (κ2) is 5.63. The molecule has 0 saturated heterocycles. The Kier molecular flexibility index (Phi) is 4.14. The van der Waals surface area contributed by atoms with E-state index in [4.69, 9.17) is 0 Å². The summed E-state index contributed by atoms with van der Waals surface area (Å²) in [7, 11) is 0. The van der Waals surface area contributed by atoms with Crippen LogP contribution in [-0.4, -0.2) is 10.9 Å². The monoisotopic (exact) mass is 368 g/mol. The fraction of sp³-hybridized carbons (Fsp3) is 0.0769. The number of halogens is 2. The predicted octanol–water partition coefficient (Wildman–Crippen LogP) is 4.17. The van der Waals surface area contributed by atoms with Gasteiger partial charge in [0.2, 0.25) is 0 Å². The van der Waals surface area contributed by atoms with Crippen LogP contribution in [0.5, 0.6) is 0 Å². The Labute approximate surface area is 122 Å². The second-order valence-corrected chi connectivity index (χ2v) is 5.37. The van der Waals surface area contributed by atoms with Gasteiger partial charge in [0.15, 0.2) is 0 Å². The minimum Gasteiger partial charge on any atom is -0.321 e. The Morgan fingerprint density at radius 2 is 2.00 bits per heavy atom. The molecule has 0 fully saturated rings. The molecular weight excluding hydrogens is 360 g/mol. The molecular formula is C13H10Br2N2O. The molecule has 0 aliphatic carbocycles. The molecule has 0 radical (unpaired) electrons. The average molecular weight is 370 g/mol. The van der Waals surface area contributed by atoms with Crippen molar-refractivity contribution in [1.29, 1.82) is 0 Å². The molecule has 2 rings (SSSR count). The van der Waals surface area contributed by atoms with Gasteiger partial charge >= 0.3 is 0 Å². The van der Waals surface area contributed by atoms with Crippen molar-refractivity contribution in [1.82, 2.24) is 4.98 Å². The first-order chi connectivity index (χ1) is 8.58. The number of hydrogen-bond acceptors (Lipinski definition) is 2. The van der Waals surface area contributed by atoms with Gasteiger partial charge in [-0.15, -0.1) is 0 Å². The second-order valence-electron chi connectivity index (χ2n) is 3.76. The Morgan fingerprint density at radius 3 is 2.67 bits per heavy atom. The molecule has 5 heteroatoms. The number of nitrogens with one attached hydrogen (secondary N) is 1. The lowest BCUT2D eigenvalue weighted by atomic mass is 10.1. The first kappa shape index (κ1) is 13.2. The number of nitrogens with zero attached hydrogens (tertiary/aromatic N) is 1. The Bertz CT molecular complexity index is 582. The lowest BCUT2D eigenvalue weighted by molar-refractivity contribution is 0.102. The van der Waals surface area contributed by atoms with Crippen molar-refractivity contribution in [2.24, 2.45) is 0 Å². The quantitative estimate of drug-likeness (QED) is 0.807. The van der Waals surface area contributed by atoms with E-state index in [2.05, 4.69) is 42.2 Å². The number of amides is 1. The number of anilines is 1. The van der Waals surface area contributed by atoms with Crippen LogP contribution in [0.25, 0.3) is 0 Å². The molecule has 18 heavy (non-hydrogen) atoms. The van der Waals surface area contributed by atoms with Crippen LogP contribution in [0.15, 0.2) is 45.6 Å². The molecule has 1 aromatic heterocycles. The minimum absolute atomic E-state index is 0.158. The summed E-state index contributed by atoms with van der Waals surface area (Å²) >= 11 is 6.67. The van der Waals surface area contributed by atoms with Gasteiger partial charge in [0.25, 0.3) is 5.91 Å². The number of benzene rings is 1. The van der Waals surface area contributed by atoms with Crippen molar-refractivity contribution in [3.05, 3.63) is 56.7 Å². The van der Waals surface area contributed by atoms with E-state index in [1.165, 1.54) is 0 Å². The molecule has 1 N–H and O–H groups in total. The lowest BCUT2D eigenvalue weighted by Gasteiger charge is -2.08. The van der Waals surface area contributed by atoms with Gasteiger partial charge in [0, 0.05) is 4.47 Å². The standard InChI is InChI=1S/C13H10Br2N2O/c1-8-3-2-4-10(12(8)15)13(18)17-9-5-6-11(14)16-7-9/h2-7H,1H3,(H,17,18). The number of pyridine rings is 1. The maximum absolute atomic E-state index is 12.1. The lowest BCUT2D eigenvalue weighted by Crippen LogP contribution is -2.13. The third-order valence-electron chi connectivity index (χ3n) is 2.42. The molecule has 0 spiro atoms. The van der Waals surface area contributed by atoms with Crippen molar-refractivity contribution in [3.63, 3.8) is 0 Å². The third-order valence-corrected chi connectivity index (χ3v) is 3.94. The molecule has 1 aromatic carbocycles. The van der Waals surface area contributed by atoms with Crippen LogP contribution in [0.2, 0.25) is 0 Å². The number of carbonyl (C=O) groups is 1. The zero-order valence-electron chi connectivity index (χ0n) is 9.58. The number of carbonyl (C=O) groups excluding carboxylic acids is 1. The third kappa shape index (κ3) is 2.97. The molecule has 92 valence electrons. The van der Waals surface area contributed by atoms with Crippen LogP contribution < -0.4 is 5.32 Å². The molecule has 2 aromatic rings.